The molecule has 2 aromatic rings. The SMILES string of the molecule is C#CCN(CN(CC#C)c1ccccc1)c1ccccc1. The van der Waals surface area contributed by atoms with Gasteiger partial charge in [0.25, 0.3) is 0 Å². The third-order valence-electron chi connectivity index (χ3n) is 3.15. The summed E-state index contributed by atoms with van der Waals surface area (Å²) in [7, 11) is 0. The minimum atomic E-state index is 0.540. The first-order chi connectivity index (χ1) is 10.3. The summed E-state index contributed by atoms with van der Waals surface area (Å²) in [5.41, 5.74) is 2.18. The van der Waals surface area contributed by atoms with E-state index in [1.807, 2.05) is 36.4 Å². The van der Waals surface area contributed by atoms with E-state index in [1.54, 1.807) is 0 Å². The molecule has 0 bridgehead atoms. The number of hydrogen-bond donors (Lipinski definition) is 0. The molecule has 0 saturated carbocycles. The Labute approximate surface area is 127 Å². The Morgan fingerprint density at radius 3 is 1.38 bits per heavy atom. The topological polar surface area (TPSA) is 6.48 Å². The second-order valence-electron chi connectivity index (χ2n) is 4.62. The van der Waals surface area contributed by atoms with Crippen molar-refractivity contribution in [3.8, 4) is 24.7 Å². The van der Waals surface area contributed by atoms with E-state index >= 15 is 0 Å². The zero-order valence-corrected chi connectivity index (χ0v) is 11.9. The lowest BCUT2D eigenvalue weighted by Gasteiger charge is -2.31. The van der Waals surface area contributed by atoms with Gasteiger partial charge in [0.2, 0.25) is 0 Å². The van der Waals surface area contributed by atoms with Crippen LogP contribution in [0.25, 0.3) is 0 Å². The molecule has 2 aromatic carbocycles. The number of para-hydroxylation sites is 2. The minimum Gasteiger partial charge on any atom is -0.343 e. The molecule has 2 heteroatoms. The molecule has 0 saturated heterocycles. The Balaban J connectivity index is 2.21. The van der Waals surface area contributed by atoms with Crippen LogP contribution in [-0.4, -0.2) is 19.8 Å². The Hall–Kier alpha value is -2.84. The molecule has 0 heterocycles. The van der Waals surface area contributed by atoms with Gasteiger partial charge in [0.15, 0.2) is 0 Å². The van der Waals surface area contributed by atoms with E-state index in [9.17, 15) is 0 Å². The molecule has 104 valence electrons. The van der Waals surface area contributed by atoms with E-state index in [1.165, 1.54) is 0 Å². The van der Waals surface area contributed by atoms with E-state index in [4.69, 9.17) is 12.8 Å². The summed E-state index contributed by atoms with van der Waals surface area (Å²) < 4.78 is 0. The monoisotopic (exact) mass is 274 g/mol. The van der Waals surface area contributed by atoms with Crippen LogP contribution in [0, 0.1) is 24.7 Å². The zero-order valence-electron chi connectivity index (χ0n) is 11.9. The Morgan fingerprint density at radius 1 is 0.667 bits per heavy atom. The fraction of sp³-hybridized carbons (Fsp3) is 0.158. The molecule has 0 fully saturated rings. The summed E-state index contributed by atoms with van der Waals surface area (Å²) in [4.78, 5) is 4.26. The second-order valence-corrected chi connectivity index (χ2v) is 4.62. The third-order valence-corrected chi connectivity index (χ3v) is 3.15. The Kier molecular flexibility index (Phi) is 5.33. The highest BCUT2D eigenvalue weighted by Gasteiger charge is 2.11. The van der Waals surface area contributed by atoms with E-state index in [0.717, 1.165) is 11.4 Å². The van der Waals surface area contributed by atoms with Crippen molar-refractivity contribution in [2.45, 2.75) is 0 Å². The van der Waals surface area contributed by atoms with Gasteiger partial charge in [-0.05, 0) is 24.3 Å². The van der Waals surface area contributed by atoms with Gasteiger partial charge in [-0.15, -0.1) is 12.8 Å². The summed E-state index contributed by atoms with van der Waals surface area (Å²) in [5.74, 6) is 5.43. The smallest absolute Gasteiger partial charge is 0.0922 e. The van der Waals surface area contributed by atoms with Crippen LogP contribution in [0.3, 0.4) is 0 Å². The van der Waals surface area contributed by atoms with Crippen LogP contribution in [-0.2, 0) is 0 Å². The van der Waals surface area contributed by atoms with E-state index in [0.29, 0.717) is 19.8 Å². The predicted molar refractivity (Wildman–Crippen MR) is 90.1 cm³/mol. The molecule has 0 amide bonds. The quantitative estimate of drug-likeness (QED) is 0.589. The van der Waals surface area contributed by atoms with Gasteiger partial charge >= 0.3 is 0 Å². The molecule has 0 radical (unpaired) electrons. The maximum atomic E-state index is 5.50. The second kappa shape index (κ2) is 7.68. The molecular formula is C19H18N2. The van der Waals surface area contributed by atoms with E-state index < -0.39 is 0 Å². The van der Waals surface area contributed by atoms with Crippen molar-refractivity contribution in [3.05, 3.63) is 60.7 Å². The molecule has 21 heavy (non-hydrogen) atoms. The van der Waals surface area contributed by atoms with E-state index in [-0.39, 0.29) is 0 Å². The van der Waals surface area contributed by atoms with Gasteiger partial charge in [0.1, 0.15) is 0 Å². The van der Waals surface area contributed by atoms with Crippen LogP contribution in [0.5, 0.6) is 0 Å². The lowest BCUT2D eigenvalue weighted by molar-refractivity contribution is 0.802. The number of rotatable bonds is 6. The predicted octanol–water partition coefficient (Wildman–Crippen LogP) is 3.22. The fourth-order valence-electron chi connectivity index (χ4n) is 2.15. The molecule has 0 aliphatic rings. The maximum Gasteiger partial charge on any atom is 0.0922 e. The van der Waals surface area contributed by atoms with Gasteiger partial charge in [-0.2, -0.15) is 0 Å². The lowest BCUT2D eigenvalue weighted by Crippen LogP contribution is -2.38. The van der Waals surface area contributed by atoms with Crippen molar-refractivity contribution in [3.63, 3.8) is 0 Å². The zero-order chi connectivity index (χ0) is 14.9. The van der Waals surface area contributed by atoms with E-state index in [2.05, 4.69) is 45.9 Å². The molecular weight excluding hydrogens is 256 g/mol. The number of nitrogens with zero attached hydrogens (tertiary/aromatic N) is 2. The van der Waals surface area contributed by atoms with Crippen LogP contribution in [0.4, 0.5) is 11.4 Å². The molecule has 0 spiro atoms. The molecule has 2 nitrogen and oxygen atoms in total. The van der Waals surface area contributed by atoms with Crippen molar-refractivity contribution in [2.75, 3.05) is 29.6 Å². The first kappa shape index (κ1) is 14.6. The first-order valence-corrected chi connectivity index (χ1v) is 6.82. The van der Waals surface area contributed by atoms with Gasteiger partial charge in [0.05, 0.1) is 19.8 Å². The van der Waals surface area contributed by atoms with Crippen LogP contribution in [0.15, 0.2) is 60.7 Å². The maximum absolute atomic E-state index is 5.50. The first-order valence-electron chi connectivity index (χ1n) is 6.82. The minimum absolute atomic E-state index is 0.540. The van der Waals surface area contributed by atoms with Crippen LogP contribution in [0.2, 0.25) is 0 Å². The van der Waals surface area contributed by atoms with Gasteiger partial charge in [-0.1, -0.05) is 48.2 Å². The standard InChI is InChI=1S/C19H18N2/c1-3-15-20(18-11-7-5-8-12-18)17-21(16-4-2)19-13-9-6-10-14-19/h1-2,5-14H,15-17H2. The summed E-state index contributed by atoms with van der Waals surface area (Å²) in [6.45, 7) is 1.73. The molecule has 2 rings (SSSR count). The molecule has 0 aliphatic heterocycles. The molecule has 0 unspecified atom stereocenters. The fourth-order valence-corrected chi connectivity index (χ4v) is 2.15. The summed E-state index contributed by atoms with van der Waals surface area (Å²) >= 11 is 0. The van der Waals surface area contributed by atoms with Gasteiger partial charge in [-0.3, -0.25) is 0 Å². The third kappa shape index (κ3) is 4.06. The molecule has 0 atom stereocenters. The van der Waals surface area contributed by atoms with Crippen molar-refractivity contribution in [1.29, 1.82) is 0 Å². The molecule has 0 aliphatic carbocycles. The highest BCUT2D eigenvalue weighted by atomic mass is 15.3. The van der Waals surface area contributed by atoms with Crippen molar-refractivity contribution in [1.82, 2.24) is 0 Å². The van der Waals surface area contributed by atoms with Crippen molar-refractivity contribution in [2.24, 2.45) is 0 Å². The molecule has 0 N–H and O–H groups in total. The van der Waals surface area contributed by atoms with Crippen LogP contribution >= 0.6 is 0 Å². The Bertz CT molecular complexity index is 563. The molecule has 0 aromatic heterocycles. The number of benzene rings is 2. The van der Waals surface area contributed by atoms with Crippen LogP contribution < -0.4 is 9.80 Å². The summed E-state index contributed by atoms with van der Waals surface area (Å²) in [6, 6.07) is 20.2. The van der Waals surface area contributed by atoms with Crippen molar-refractivity contribution < 1.29 is 0 Å². The van der Waals surface area contributed by atoms with Crippen molar-refractivity contribution >= 4 is 11.4 Å². The number of hydrogen-bond acceptors (Lipinski definition) is 2. The average molecular weight is 274 g/mol. The average Bonchev–Trinajstić information content (AvgIpc) is 2.55. The number of anilines is 2. The van der Waals surface area contributed by atoms with Gasteiger partial charge in [-0.25, -0.2) is 0 Å². The van der Waals surface area contributed by atoms with Gasteiger partial charge < -0.3 is 9.80 Å². The Morgan fingerprint density at radius 2 is 1.05 bits per heavy atom. The summed E-state index contributed by atoms with van der Waals surface area (Å²) in [6.07, 6.45) is 11.0. The highest BCUT2D eigenvalue weighted by molar-refractivity contribution is 5.52. The lowest BCUT2D eigenvalue weighted by atomic mass is 10.2. The highest BCUT2D eigenvalue weighted by Crippen LogP contribution is 2.17. The summed E-state index contributed by atoms with van der Waals surface area (Å²) in [5, 5.41) is 0. The van der Waals surface area contributed by atoms with Crippen LogP contribution in [0.1, 0.15) is 0 Å². The largest absolute Gasteiger partial charge is 0.343 e. The normalized spacial score (nSPS) is 9.43. The van der Waals surface area contributed by atoms with Gasteiger partial charge in [0, 0.05) is 11.4 Å². The number of terminal acetylenes is 2.